The largest absolute Gasteiger partial charge is 0.495 e. The van der Waals surface area contributed by atoms with Crippen LogP contribution in [0.3, 0.4) is 0 Å². The van der Waals surface area contributed by atoms with E-state index in [0.717, 1.165) is 77.4 Å². The van der Waals surface area contributed by atoms with E-state index in [2.05, 4.69) is 45.0 Å². The second kappa shape index (κ2) is 8.99. The number of aliphatic imine (C=N–C) groups is 1. The third kappa shape index (κ3) is 4.42. The Morgan fingerprint density at radius 2 is 2.03 bits per heavy atom. The molecule has 0 amide bonds. The Morgan fingerprint density at radius 1 is 1.18 bits per heavy atom. The topological polar surface area (TPSA) is 78.0 Å². The monoisotopic (exact) mass is 444 g/mol. The van der Waals surface area contributed by atoms with Gasteiger partial charge in [0.05, 0.1) is 49.3 Å². The standard InChI is InChI=1S/C25H28N6O2/c1-4-30-15-22(18-5-7-20-21(13-18)27-17(2)26-20)29-25(16-30)28-19-6-8-23(24(14-19)32-3)31-9-11-33-12-10-31/h4-8,13-15H,1,9-12,16H2,2-3H3,(H,26,27)(H,28,29). The minimum Gasteiger partial charge on any atom is -0.495 e. The van der Waals surface area contributed by atoms with Gasteiger partial charge in [0, 0.05) is 36.6 Å². The number of nitrogens with zero attached hydrogens (tertiary/aromatic N) is 4. The summed E-state index contributed by atoms with van der Waals surface area (Å²) < 4.78 is 11.2. The van der Waals surface area contributed by atoms with E-state index < -0.39 is 0 Å². The van der Waals surface area contributed by atoms with Gasteiger partial charge in [0.2, 0.25) is 0 Å². The van der Waals surface area contributed by atoms with Gasteiger partial charge in [-0.05, 0) is 37.4 Å². The van der Waals surface area contributed by atoms with E-state index >= 15 is 0 Å². The van der Waals surface area contributed by atoms with Crippen LogP contribution in [0.1, 0.15) is 11.4 Å². The molecule has 8 heteroatoms. The molecule has 0 radical (unpaired) electrons. The summed E-state index contributed by atoms with van der Waals surface area (Å²) >= 11 is 0. The average molecular weight is 445 g/mol. The molecule has 0 saturated carbocycles. The Kier molecular flexibility index (Phi) is 5.75. The fourth-order valence-corrected chi connectivity index (χ4v) is 4.19. The van der Waals surface area contributed by atoms with Gasteiger partial charge in [-0.15, -0.1) is 0 Å². The molecule has 2 aliphatic heterocycles. The number of nitrogens with one attached hydrogen (secondary N) is 2. The van der Waals surface area contributed by atoms with Crippen LogP contribution < -0.4 is 15.0 Å². The van der Waals surface area contributed by atoms with Crippen LogP contribution in [-0.4, -0.2) is 60.7 Å². The molecule has 2 aromatic carbocycles. The van der Waals surface area contributed by atoms with Crippen molar-refractivity contribution in [2.24, 2.45) is 4.99 Å². The zero-order valence-corrected chi connectivity index (χ0v) is 19.0. The second-order valence-electron chi connectivity index (χ2n) is 8.09. The van der Waals surface area contributed by atoms with Crippen molar-refractivity contribution in [1.82, 2.24) is 14.9 Å². The fraction of sp³-hybridized carbons (Fsp3) is 0.280. The van der Waals surface area contributed by atoms with E-state index in [1.807, 2.05) is 36.2 Å². The van der Waals surface area contributed by atoms with Crippen LogP contribution in [0.2, 0.25) is 0 Å². The van der Waals surface area contributed by atoms with Gasteiger partial charge in [0.1, 0.15) is 17.4 Å². The summed E-state index contributed by atoms with van der Waals surface area (Å²) in [5, 5.41) is 3.47. The summed E-state index contributed by atoms with van der Waals surface area (Å²) in [4.78, 5) is 17.0. The fourth-order valence-electron chi connectivity index (χ4n) is 4.19. The number of imidazole rings is 1. The molecule has 1 aromatic heterocycles. The maximum absolute atomic E-state index is 5.69. The molecule has 33 heavy (non-hydrogen) atoms. The second-order valence-corrected chi connectivity index (χ2v) is 8.09. The Bertz CT molecular complexity index is 1240. The van der Waals surface area contributed by atoms with Crippen molar-refractivity contribution in [3.8, 4) is 5.75 Å². The van der Waals surface area contributed by atoms with Crippen molar-refractivity contribution in [3.63, 3.8) is 0 Å². The molecule has 0 spiro atoms. The zero-order valence-electron chi connectivity index (χ0n) is 19.0. The first-order valence-electron chi connectivity index (χ1n) is 11.0. The van der Waals surface area contributed by atoms with Gasteiger partial charge in [-0.2, -0.15) is 0 Å². The lowest BCUT2D eigenvalue weighted by molar-refractivity contribution is 0.122. The zero-order chi connectivity index (χ0) is 22.8. The van der Waals surface area contributed by atoms with Crippen molar-refractivity contribution in [1.29, 1.82) is 0 Å². The van der Waals surface area contributed by atoms with Crippen LogP contribution in [0.4, 0.5) is 11.4 Å². The van der Waals surface area contributed by atoms with E-state index in [9.17, 15) is 0 Å². The van der Waals surface area contributed by atoms with Gasteiger partial charge in [-0.25, -0.2) is 9.98 Å². The molecule has 2 N–H and O–H groups in total. The first-order valence-corrected chi connectivity index (χ1v) is 11.0. The third-order valence-electron chi connectivity index (χ3n) is 5.83. The predicted molar refractivity (Wildman–Crippen MR) is 133 cm³/mol. The Morgan fingerprint density at radius 3 is 2.82 bits per heavy atom. The molecule has 3 heterocycles. The summed E-state index contributed by atoms with van der Waals surface area (Å²) in [5.74, 6) is 2.55. The third-order valence-corrected chi connectivity index (χ3v) is 5.83. The van der Waals surface area contributed by atoms with Gasteiger partial charge in [-0.3, -0.25) is 0 Å². The van der Waals surface area contributed by atoms with Crippen molar-refractivity contribution in [2.45, 2.75) is 6.92 Å². The molecular formula is C25H28N6O2. The molecule has 1 saturated heterocycles. The van der Waals surface area contributed by atoms with Gasteiger partial charge >= 0.3 is 0 Å². The van der Waals surface area contributed by atoms with E-state index in [0.29, 0.717) is 6.54 Å². The highest BCUT2D eigenvalue weighted by atomic mass is 16.5. The normalized spacial score (nSPS) is 16.4. The number of aryl methyl sites for hydroxylation is 1. The molecular weight excluding hydrogens is 416 g/mol. The van der Waals surface area contributed by atoms with Gasteiger partial charge < -0.3 is 29.6 Å². The van der Waals surface area contributed by atoms with Gasteiger partial charge in [-0.1, -0.05) is 12.6 Å². The van der Waals surface area contributed by atoms with Crippen LogP contribution >= 0.6 is 0 Å². The first kappa shape index (κ1) is 21.1. The van der Waals surface area contributed by atoms with Crippen LogP contribution in [0.5, 0.6) is 5.75 Å². The number of hydrogen-bond donors (Lipinski definition) is 2. The number of H-pyrrole nitrogens is 1. The summed E-state index contributed by atoms with van der Waals surface area (Å²) in [6.45, 7) is 9.69. The van der Waals surface area contributed by atoms with E-state index in [-0.39, 0.29) is 0 Å². The molecule has 0 atom stereocenters. The number of benzene rings is 2. The Labute approximate surface area is 193 Å². The number of methoxy groups -OCH3 is 1. The van der Waals surface area contributed by atoms with E-state index in [4.69, 9.17) is 14.5 Å². The predicted octanol–water partition coefficient (Wildman–Crippen LogP) is 3.98. The smallest absolute Gasteiger partial charge is 0.144 e. The number of morpholine rings is 1. The minimum absolute atomic E-state index is 0.603. The lowest BCUT2D eigenvalue weighted by Gasteiger charge is -2.30. The van der Waals surface area contributed by atoms with Crippen LogP contribution in [0, 0.1) is 6.92 Å². The quantitative estimate of drug-likeness (QED) is 0.620. The molecule has 0 bridgehead atoms. The lowest BCUT2D eigenvalue weighted by atomic mass is 10.1. The Balaban J connectivity index is 1.41. The molecule has 170 valence electrons. The van der Waals surface area contributed by atoms with Crippen molar-refractivity contribution < 1.29 is 9.47 Å². The van der Waals surface area contributed by atoms with Crippen molar-refractivity contribution in [2.75, 3.05) is 50.2 Å². The lowest BCUT2D eigenvalue weighted by Crippen LogP contribution is -2.36. The molecule has 1 fully saturated rings. The highest BCUT2D eigenvalue weighted by Crippen LogP contribution is 2.32. The molecule has 8 nitrogen and oxygen atoms in total. The number of aromatic amines is 1. The number of hydrogen-bond acceptors (Lipinski definition) is 7. The number of aromatic nitrogens is 2. The van der Waals surface area contributed by atoms with Crippen LogP contribution in [-0.2, 0) is 4.74 Å². The maximum Gasteiger partial charge on any atom is 0.144 e. The van der Waals surface area contributed by atoms with Gasteiger partial charge in [0.25, 0.3) is 0 Å². The molecule has 0 unspecified atom stereocenters. The number of rotatable bonds is 5. The maximum atomic E-state index is 5.69. The van der Waals surface area contributed by atoms with Crippen LogP contribution in [0.25, 0.3) is 16.7 Å². The molecule has 5 rings (SSSR count). The SMILES string of the molecule is C=CN1C=C(c2ccc3nc(C)[nH]c3c2)N=C(Nc2ccc(N3CCOCC3)c(OC)c2)C1. The van der Waals surface area contributed by atoms with Crippen molar-refractivity contribution in [3.05, 3.63) is 66.8 Å². The average Bonchev–Trinajstić information content (AvgIpc) is 3.23. The first-order chi connectivity index (χ1) is 16.1. The van der Waals surface area contributed by atoms with Crippen LogP contribution in [0.15, 0.2) is 60.4 Å². The number of amidine groups is 1. The number of ether oxygens (including phenoxy) is 2. The summed E-state index contributed by atoms with van der Waals surface area (Å²) in [7, 11) is 1.70. The number of fused-ring (bicyclic) bond motifs is 1. The molecule has 0 aliphatic carbocycles. The highest BCUT2D eigenvalue weighted by molar-refractivity contribution is 6.02. The minimum atomic E-state index is 0.603. The van der Waals surface area contributed by atoms with E-state index in [1.54, 1.807) is 13.3 Å². The van der Waals surface area contributed by atoms with E-state index in [1.165, 1.54) is 0 Å². The highest BCUT2D eigenvalue weighted by Gasteiger charge is 2.18. The van der Waals surface area contributed by atoms with Crippen molar-refractivity contribution >= 4 is 33.9 Å². The molecule has 3 aromatic rings. The number of anilines is 2. The summed E-state index contributed by atoms with van der Waals surface area (Å²) in [6.07, 6.45) is 3.81. The summed E-state index contributed by atoms with van der Waals surface area (Å²) in [6, 6.07) is 12.3. The Hall–Kier alpha value is -3.78. The van der Waals surface area contributed by atoms with Gasteiger partial charge in [0.15, 0.2) is 0 Å². The summed E-state index contributed by atoms with van der Waals surface area (Å²) in [5.41, 5.74) is 5.81. The molecule has 2 aliphatic rings.